The van der Waals surface area contributed by atoms with Gasteiger partial charge in [-0.3, -0.25) is 9.89 Å². The van der Waals surface area contributed by atoms with Gasteiger partial charge in [-0.15, -0.1) is 11.3 Å². The zero-order chi connectivity index (χ0) is 20.0. The van der Waals surface area contributed by atoms with Gasteiger partial charge in [0.2, 0.25) is 0 Å². The minimum atomic E-state index is 0.107. The summed E-state index contributed by atoms with van der Waals surface area (Å²) in [4.78, 5) is 11.6. The predicted molar refractivity (Wildman–Crippen MR) is 116 cm³/mol. The smallest absolute Gasteiger partial charge is 0.191 e. The van der Waals surface area contributed by atoms with Crippen molar-refractivity contribution in [1.29, 1.82) is 0 Å². The lowest BCUT2D eigenvalue weighted by atomic mass is 9.93. The molecule has 0 aromatic carbocycles. The molecule has 3 rings (SSSR count). The summed E-state index contributed by atoms with van der Waals surface area (Å²) in [6.45, 7) is 10.4. The lowest BCUT2D eigenvalue weighted by Gasteiger charge is -2.26. The van der Waals surface area contributed by atoms with Gasteiger partial charge in [0.05, 0.1) is 23.0 Å². The number of nitrogens with zero attached hydrogens (tertiary/aromatic N) is 3. The summed E-state index contributed by atoms with van der Waals surface area (Å²) in [7, 11) is 1.81. The molecule has 1 aliphatic heterocycles. The monoisotopic (exact) mass is 403 g/mol. The largest absolute Gasteiger partial charge is 0.468 e. The third kappa shape index (κ3) is 5.58. The van der Waals surface area contributed by atoms with E-state index < -0.39 is 0 Å². The molecular weight excluding hydrogens is 370 g/mol. The number of rotatable bonds is 7. The van der Waals surface area contributed by atoms with Crippen molar-refractivity contribution in [2.45, 2.75) is 51.5 Å². The molecule has 3 heterocycles. The summed E-state index contributed by atoms with van der Waals surface area (Å²) in [5.41, 5.74) is 1.28. The zero-order valence-corrected chi connectivity index (χ0v) is 18.3. The van der Waals surface area contributed by atoms with Crippen molar-refractivity contribution in [1.82, 2.24) is 20.5 Å². The summed E-state index contributed by atoms with van der Waals surface area (Å²) >= 11 is 1.74. The van der Waals surface area contributed by atoms with Gasteiger partial charge in [0.25, 0.3) is 0 Å². The summed E-state index contributed by atoms with van der Waals surface area (Å²) in [6, 6.07) is 4.27. The van der Waals surface area contributed by atoms with Crippen molar-refractivity contribution in [2.75, 3.05) is 33.2 Å². The Labute approximate surface area is 172 Å². The molecule has 1 aliphatic rings. The van der Waals surface area contributed by atoms with Crippen LogP contribution >= 0.6 is 11.3 Å². The molecule has 0 radical (unpaired) electrons. The van der Waals surface area contributed by atoms with E-state index in [1.807, 2.05) is 13.1 Å². The van der Waals surface area contributed by atoms with Gasteiger partial charge in [0.15, 0.2) is 5.96 Å². The van der Waals surface area contributed by atoms with Crippen LogP contribution in [0, 0.1) is 0 Å². The molecule has 154 valence electrons. The molecule has 2 N–H and O–H groups in total. The molecule has 1 fully saturated rings. The van der Waals surface area contributed by atoms with Crippen LogP contribution in [0.3, 0.4) is 0 Å². The Kier molecular flexibility index (Phi) is 7.13. The van der Waals surface area contributed by atoms with Gasteiger partial charge in [-0.25, -0.2) is 4.98 Å². The standard InChI is InChI=1S/C21H33N5OS/c1-21(2,3)18-15-28-19(25-18)9-10-23-20(22-4)24-14-16(17-8-7-13-27-17)26-11-5-6-12-26/h7-8,13,15-16H,5-6,9-12,14H2,1-4H3,(H2,22,23,24). The van der Waals surface area contributed by atoms with Crippen LogP contribution in [0.2, 0.25) is 0 Å². The first kappa shape index (κ1) is 20.9. The van der Waals surface area contributed by atoms with Crippen LogP contribution in [0.1, 0.15) is 56.1 Å². The second-order valence-corrected chi connectivity index (χ2v) is 9.22. The van der Waals surface area contributed by atoms with Crippen LogP contribution in [0.25, 0.3) is 0 Å². The molecule has 1 atom stereocenters. The Morgan fingerprint density at radius 2 is 2.11 bits per heavy atom. The SMILES string of the molecule is CN=C(NCCc1nc(C(C)(C)C)cs1)NCC(c1ccco1)N1CCCC1. The summed E-state index contributed by atoms with van der Waals surface area (Å²) < 4.78 is 5.69. The lowest BCUT2D eigenvalue weighted by Crippen LogP contribution is -2.43. The molecule has 1 unspecified atom stereocenters. The van der Waals surface area contributed by atoms with Crippen molar-refractivity contribution in [3.63, 3.8) is 0 Å². The molecular formula is C21H33N5OS. The molecule has 7 heteroatoms. The quantitative estimate of drug-likeness (QED) is 0.546. The van der Waals surface area contributed by atoms with E-state index in [0.717, 1.165) is 44.3 Å². The molecule has 0 amide bonds. The van der Waals surface area contributed by atoms with E-state index in [1.54, 1.807) is 17.6 Å². The Morgan fingerprint density at radius 3 is 2.71 bits per heavy atom. The number of thiazole rings is 1. The fraction of sp³-hybridized carbons (Fsp3) is 0.619. The molecule has 0 bridgehead atoms. The highest BCUT2D eigenvalue weighted by Gasteiger charge is 2.25. The van der Waals surface area contributed by atoms with Gasteiger partial charge in [-0.05, 0) is 38.1 Å². The summed E-state index contributed by atoms with van der Waals surface area (Å²) in [6.07, 6.45) is 5.17. The molecule has 28 heavy (non-hydrogen) atoms. The van der Waals surface area contributed by atoms with Crippen LogP contribution in [0.4, 0.5) is 0 Å². The number of nitrogens with one attached hydrogen (secondary N) is 2. The average molecular weight is 404 g/mol. The Morgan fingerprint density at radius 1 is 1.32 bits per heavy atom. The normalized spacial score (nSPS) is 17.1. The first-order chi connectivity index (χ1) is 13.5. The highest BCUT2D eigenvalue weighted by Crippen LogP contribution is 2.25. The maximum Gasteiger partial charge on any atom is 0.191 e. The highest BCUT2D eigenvalue weighted by atomic mass is 32.1. The van der Waals surface area contributed by atoms with Gasteiger partial charge in [0, 0.05) is 37.4 Å². The molecule has 2 aromatic rings. The van der Waals surface area contributed by atoms with E-state index in [0.29, 0.717) is 0 Å². The number of aliphatic imine (C=N–C) groups is 1. The van der Waals surface area contributed by atoms with Crippen molar-refractivity contribution in [3.05, 3.63) is 40.2 Å². The van der Waals surface area contributed by atoms with E-state index in [9.17, 15) is 0 Å². The third-order valence-corrected chi connectivity index (χ3v) is 6.00. The van der Waals surface area contributed by atoms with E-state index in [2.05, 4.69) is 52.7 Å². The Bertz CT molecular complexity index is 741. The van der Waals surface area contributed by atoms with Crippen molar-refractivity contribution in [3.8, 4) is 0 Å². The van der Waals surface area contributed by atoms with Crippen LogP contribution in [-0.2, 0) is 11.8 Å². The second kappa shape index (κ2) is 9.56. The highest BCUT2D eigenvalue weighted by molar-refractivity contribution is 7.09. The van der Waals surface area contributed by atoms with Crippen LogP contribution in [0.15, 0.2) is 33.2 Å². The van der Waals surface area contributed by atoms with E-state index in [-0.39, 0.29) is 11.5 Å². The van der Waals surface area contributed by atoms with Crippen LogP contribution in [0.5, 0.6) is 0 Å². The molecule has 6 nitrogen and oxygen atoms in total. The number of furan rings is 1. The van der Waals surface area contributed by atoms with E-state index >= 15 is 0 Å². The first-order valence-corrected chi connectivity index (χ1v) is 11.0. The fourth-order valence-electron chi connectivity index (χ4n) is 3.42. The minimum absolute atomic E-state index is 0.107. The topological polar surface area (TPSA) is 65.7 Å². The molecule has 0 saturated carbocycles. The van der Waals surface area contributed by atoms with Crippen molar-refractivity contribution in [2.24, 2.45) is 4.99 Å². The van der Waals surface area contributed by atoms with Crippen LogP contribution < -0.4 is 10.6 Å². The summed E-state index contributed by atoms with van der Waals surface area (Å²) in [5, 5.41) is 10.2. The van der Waals surface area contributed by atoms with Gasteiger partial charge < -0.3 is 15.1 Å². The van der Waals surface area contributed by atoms with Gasteiger partial charge in [-0.1, -0.05) is 20.8 Å². The second-order valence-electron chi connectivity index (χ2n) is 8.28. The molecule has 2 aromatic heterocycles. The number of likely N-dealkylation sites (tertiary alicyclic amines) is 1. The third-order valence-electron chi connectivity index (χ3n) is 5.09. The fourth-order valence-corrected chi connectivity index (χ4v) is 4.44. The van der Waals surface area contributed by atoms with E-state index in [4.69, 9.17) is 9.40 Å². The van der Waals surface area contributed by atoms with Gasteiger partial charge >= 0.3 is 0 Å². The number of hydrogen-bond donors (Lipinski definition) is 2. The number of aromatic nitrogens is 1. The zero-order valence-electron chi connectivity index (χ0n) is 17.5. The maximum absolute atomic E-state index is 5.69. The lowest BCUT2D eigenvalue weighted by molar-refractivity contribution is 0.215. The average Bonchev–Trinajstić information content (AvgIpc) is 3.41. The minimum Gasteiger partial charge on any atom is -0.468 e. The summed E-state index contributed by atoms with van der Waals surface area (Å²) in [5.74, 6) is 1.84. The van der Waals surface area contributed by atoms with Crippen LogP contribution in [-0.4, -0.2) is 49.1 Å². The Balaban J connectivity index is 1.49. The number of hydrogen-bond acceptors (Lipinski definition) is 5. The van der Waals surface area contributed by atoms with Gasteiger partial charge in [-0.2, -0.15) is 0 Å². The maximum atomic E-state index is 5.69. The number of guanidine groups is 1. The van der Waals surface area contributed by atoms with Crippen molar-refractivity contribution < 1.29 is 4.42 Å². The van der Waals surface area contributed by atoms with Crippen molar-refractivity contribution >= 4 is 17.3 Å². The predicted octanol–water partition coefficient (Wildman–Crippen LogP) is 3.58. The molecule has 0 spiro atoms. The Hall–Kier alpha value is -1.86. The molecule has 0 aliphatic carbocycles. The van der Waals surface area contributed by atoms with E-state index in [1.165, 1.54) is 23.5 Å². The first-order valence-electron chi connectivity index (χ1n) is 10.1. The molecule has 1 saturated heterocycles. The van der Waals surface area contributed by atoms with Gasteiger partial charge in [0.1, 0.15) is 5.76 Å².